The van der Waals surface area contributed by atoms with Crippen LogP contribution in [0.3, 0.4) is 0 Å². The van der Waals surface area contributed by atoms with Crippen LogP contribution in [0.5, 0.6) is 0 Å². The van der Waals surface area contributed by atoms with E-state index >= 15 is 0 Å². The maximum Gasteiger partial charge on any atom is 0.257 e. The van der Waals surface area contributed by atoms with Crippen molar-refractivity contribution < 1.29 is 4.79 Å². The average molecular weight is 412 g/mol. The average Bonchev–Trinajstić information content (AvgIpc) is 2.47. The zero-order valence-corrected chi connectivity index (χ0v) is 14.4. The van der Waals surface area contributed by atoms with Crippen LogP contribution in [0.1, 0.15) is 34.3 Å². The molecule has 2 aromatic carbocycles. The third-order valence-electron chi connectivity index (χ3n) is 3.82. The minimum atomic E-state index is -0.143. The molecule has 0 radical (unpaired) electrons. The van der Waals surface area contributed by atoms with Gasteiger partial charge in [-0.25, -0.2) is 0 Å². The van der Waals surface area contributed by atoms with E-state index in [0.717, 1.165) is 22.1 Å². The molecule has 0 bridgehead atoms. The highest BCUT2D eigenvalue weighted by Gasteiger charge is 2.16. The van der Waals surface area contributed by atoms with Crippen LogP contribution in [0.15, 0.2) is 36.4 Å². The zero-order valence-electron chi connectivity index (χ0n) is 11.5. The first-order valence-electron chi connectivity index (χ1n) is 7.02. The molecule has 0 unspecified atom stereocenters. The Morgan fingerprint density at radius 3 is 2.76 bits per heavy atom. The second-order valence-electron chi connectivity index (χ2n) is 5.23. The standard InChI is InChI=1S/C17H15ClINO/c18-15-10-12(19)8-9-14(15)17(21)20-16-7-3-5-11-4-1-2-6-13(11)16/h3,5,7-10H,1-2,4,6H2,(H,20,21). The minimum absolute atomic E-state index is 0.143. The molecule has 0 saturated carbocycles. The van der Waals surface area contributed by atoms with E-state index in [1.807, 2.05) is 18.2 Å². The molecule has 0 fully saturated rings. The summed E-state index contributed by atoms with van der Waals surface area (Å²) in [6, 6.07) is 11.6. The lowest BCUT2D eigenvalue weighted by Crippen LogP contribution is -2.15. The monoisotopic (exact) mass is 411 g/mol. The van der Waals surface area contributed by atoms with Crippen LogP contribution in [0.25, 0.3) is 0 Å². The van der Waals surface area contributed by atoms with Crippen LogP contribution in [0.2, 0.25) is 5.02 Å². The number of fused-ring (bicyclic) bond motifs is 1. The van der Waals surface area contributed by atoms with Crippen molar-refractivity contribution in [3.8, 4) is 0 Å². The molecule has 108 valence electrons. The van der Waals surface area contributed by atoms with E-state index in [1.165, 1.54) is 24.0 Å². The van der Waals surface area contributed by atoms with Crippen LogP contribution in [-0.4, -0.2) is 5.91 Å². The van der Waals surface area contributed by atoms with E-state index in [-0.39, 0.29) is 5.91 Å². The minimum Gasteiger partial charge on any atom is -0.322 e. The number of anilines is 1. The van der Waals surface area contributed by atoms with Crippen molar-refractivity contribution in [2.45, 2.75) is 25.7 Å². The van der Waals surface area contributed by atoms with Crippen molar-refractivity contribution >= 4 is 45.8 Å². The molecule has 0 aliphatic heterocycles. The van der Waals surface area contributed by atoms with Crippen LogP contribution < -0.4 is 5.32 Å². The van der Waals surface area contributed by atoms with Gasteiger partial charge in [0.25, 0.3) is 5.91 Å². The van der Waals surface area contributed by atoms with Gasteiger partial charge in [-0.3, -0.25) is 4.79 Å². The fourth-order valence-corrected chi connectivity index (χ4v) is 3.70. The van der Waals surface area contributed by atoms with Crippen LogP contribution in [-0.2, 0) is 12.8 Å². The lowest BCUT2D eigenvalue weighted by atomic mass is 9.90. The zero-order chi connectivity index (χ0) is 14.8. The summed E-state index contributed by atoms with van der Waals surface area (Å²) < 4.78 is 1.02. The third-order valence-corrected chi connectivity index (χ3v) is 4.80. The highest BCUT2D eigenvalue weighted by molar-refractivity contribution is 14.1. The molecule has 1 aliphatic carbocycles. The van der Waals surface area contributed by atoms with Gasteiger partial charge in [0.2, 0.25) is 0 Å². The summed E-state index contributed by atoms with van der Waals surface area (Å²) in [7, 11) is 0. The molecule has 0 atom stereocenters. The molecule has 0 spiro atoms. The molecule has 1 aliphatic rings. The molecular weight excluding hydrogens is 397 g/mol. The maximum atomic E-state index is 12.4. The predicted octanol–water partition coefficient (Wildman–Crippen LogP) is 5.08. The van der Waals surface area contributed by atoms with Gasteiger partial charge < -0.3 is 5.32 Å². The maximum absolute atomic E-state index is 12.4. The van der Waals surface area contributed by atoms with Crippen molar-refractivity contribution in [3.63, 3.8) is 0 Å². The molecule has 2 aromatic rings. The SMILES string of the molecule is O=C(Nc1cccc2c1CCCC2)c1ccc(I)cc1Cl. The van der Waals surface area contributed by atoms with E-state index in [9.17, 15) is 4.79 Å². The molecule has 0 saturated heterocycles. The molecule has 21 heavy (non-hydrogen) atoms. The van der Waals surface area contributed by atoms with E-state index < -0.39 is 0 Å². The lowest BCUT2D eigenvalue weighted by Gasteiger charge is -2.19. The number of rotatable bonds is 2. The summed E-state index contributed by atoms with van der Waals surface area (Å²) in [6.07, 6.45) is 4.55. The number of benzene rings is 2. The smallest absolute Gasteiger partial charge is 0.257 e. The Balaban J connectivity index is 1.88. The fraction of sp³-hybridized carbons (Fsp3) is 0.235. The number of hydrogen-bond donors (Lipinski definition) is 1. The quantitative estimate of drug-likeness (QED) is 0.686. The molecule has 1 N–H and O–H groups in total. The highest BCUT2D eigenvalue weighted by atomic mass is 127. The van der Waals surface area contributed by atoms with E-state index in [2.05, 4.69) is 34.0 Å². The molecule has 0 aromatic heterocycles. The van der Waals surface area contributed by atoms with E-state index in [4.69, 9.17) is 11.6 Å². The second-order valence-corrected chi connectivity index (χ2v) is 6.88. The fourth-order valence-electron chi connectivity index (χ4n) is 2.76. The molecule has 3 rings (SSSR count). The van der Waals surface area contributed by atoms with Crippen molar-refractivity contribution in [2.24, 2.45) is 0 Å². The summed E-state index contributed by atoms with van der Waals surface area (Å²) >= 11 is 8.35. The Hall–Kier alpha value is -1.07. The van der Waals surface area contributed by atoms with E-state index in [0.29, 0.717) is 10.6 Å². The highest BCUT2D eigenvalue weighted by Crippen LogP contribution is 2.29. The summed E-state index contributed by atoms with van der Waals surface area (Å²) in [6.45, 7) is 0. The molecular formula is C17H15ClINO. The Morgan fingerprint density at radius 2 is 1.95 bits per heavy atom. The topological polar surface area (TPSA) is 29.1 Å². The third kappa shape index (κ3) is 3.24. The van der Waals surface area contributed by atoms with Gasteiger partial charge in [-0.1, -0.05) is 23.7 Å². The van der Waals surface area contributed by atoms with Gasteiger partial charge in [-0.2, -0.15) is 0 Å². The van der Waals surface area contributed by atoms with Gasteiger partial charge >= 0.3 is 0 Å². The number of amides is 1. The molecule has 2 nitrogen and oxygen atoms in total. The Labute approximate surface area is 143 Å². The largest absolute Gasteiger partial charge is 0.322 e. The number of aryl methyl sites for hydroxylation is 1. The Morgan fingerprint density at radius 1 is 1.14 bits per heavy atom. The summed E-state index contributed by atoms with van der Waals surface area (Å²) in [5.74, 6) is -0.143. The number of carbonyl (C=O) groups is 1. The summed E-state index contributed by atoms with van der Waals surface area (Å²) in [4.78, 5) is 12.4. The van der Waals surface area contributed by atoms with Gasteiger partial charge in [0, 0.05) is 9.26 Å². The van der Waals surface area contributed by atoms with Crippen LogP contribution in [0.4, 0.5) is 5.69 Å². The van der Waals surface area contributed by atoms with E-state index in [1.54, 1.807) is 12.1 Å². The van der Waals surface area contributed by atoms with Crippen molar-refractivity contribution in [1.29, 1.82) is 0 Å². The molecule has 1 amide bonds. The summed E-state index contributed by atoms with van der Waals surface area (Å²) in [5.41, 5.74) is 4.07. The number of hydrogen-bond acceptors (Lipinski definition) is 1. The van der Waals surface area contributed by atoms with Crippen molar-refractivity contribution in [1.82, 2.24) is 0 Å². The Kier molecular flexibility index (Phi) is 4.50. The predicted molar refractivity (Wildman–Crippen MR) is 95.2 cm³/mol. The van der Waals surface area contributed by atoms with Crippen LogP contribution in [0, 0.1) is 3.57 Å². The number of halogens is 2. The van der Waals surface area contributed by atoms with Gasteiger partial charge in [-0.05, 0) is 83.7 Å². The molecule has 0 heterocycles. The molecule has 4 heteroatoms. The van der Waals surface area contributed by atoms with Gasteiger partial charge in [0.05, 0.1) is 10.6 Å². The van der Waals surface area contributed by atoms with Crippen molar-refractivity contribution in [3.05, 3.63) is 61.7 Å². The van der Waals surface area contributed by atoms with Gasteiger partial charge in [0.1, 0.15) is 0 Å². The first kappa shape index (κ1) is 14.9. The Bertz CT molecular complexity index is 699. The van der Waals surface area contributed by atoms with Crippen molar-refractivity contribution in [2.75, 3.05) is 5.32 Å². The first-order chi connectivity index (χ1) is 10.1. The first-order valence-corrected chi connectivity index (χ1v) is 8.48. The normalized spacial score (nSPS) is 13.6. The second kappa shape index (κ2) is 6.36. The number of carbonyl (C=O) groups excluding carboxylic acids is 1. The number of nitrogens with one attached hydrogen (secondary N) is 1. The van der Waals surface area contributed by atoms with Gasteiger partial charge in [0.15, 0.2) is 0 Å². The van der Waals surface area contributed by atoms with Crippen LogP contribution >= 0.6 is 34.2 Å². The van der Waals surface area contributed by atoms with Gasteiger partial charge in [-0.15, -0.1) is 0 Å². The lowest BCUT2D eigenvalue weighted by molar-refractivity contribution is 0.102. The summed E-state index contributed by atoms with van der Waals surface area (Å²) in [5, 5.41) is 3.51.